The van der Waals surface area contributed by atoms with Crippen LogP contribution in [0.15, 0.2) is 36.9 Å². The molecule has 1 aliphatic heterocycles. The van der Waals surface area contributed by atoms with Crippen LogP contribution in [0.1, 0.15) is 81.5 Å². The van der Waals surface area contributed by atoms with Crippen molar-refractivity contribution in [1.29, 1.82) is 0 Å². The van der Waals surface area contributed by atoms with E-state index in [1.165, 1.54) is 19.3 Å². The van der Waals surface area contributed by atoms with Gasteiger partial charge in [0.1, 0.15) is 0 Å². The summed E-state index contributed by atoms with van der Waals surface area (Å²) in [6, 6.07) is 7.34. The lowest BCUT2D eigenvalue weighted by Crippen LogP contribution is -2.33. The van der Waals surface area contributed by atoms with Gasteiger partial charge in [-0.3, -0.25) is 0 Å². The summed E-state index contributed by atoms with van der Waals surface area (Å²) in [5.74, 6) is 0.0706. The third-order valence-electron chi connectivity index (χ3n) is 5.12. The predicted molar refractivity (Wildman–Crippen MR) is 108 cm³/mol. The molecule has 1 heterocycles. The Morgan fingerprint density at radius 3 is 2.67 bits per heavy atom. The molecule has 0 spiro atoms. The normalized spacial score (nSPS) is 23.6. The number of carbonyl (C=O) groups is 1. The van der Waals surface area contributed by atoms with Crippen LogP contribution in [0, 0.1) is 5.92 Å². The first kappa shape index (κ1) is 21.6. The lowest BCUT2D eigenvalue weighted by atomic mass is 9.99. The first-order chi connectivity index (χ1) is 13.0. The molecule has 1 saturated heterocycles. The zero-order valence-corrected chi connectivity index (χ0v) is 17.0. The van der Waals surface area contributed by atoms with E-state index in [4.69, 9.17) is 14.2 Å². The second-order valence-corrected chi connectivity index (χ2v) is 7.48. The average Bonchev–Trinajstić information content (AvgIpc) is 2.67. The van der Waals surface area contributed by atoms with Crippen molar-refractivity contribution in [2.75, 3.05) is 6.61 Å². The summed E-state index contributed by atoms with van der Waals surface area (Å²) in [7, 11) is 0. The highest BCUT2D eigenvalue weighted by molar-refractivity contribution is 5.89. The molecule has 0 radical (unpaired) electrons. The number of esters is 1. The van der Waals surface area contributed by atoms with Crippen molar-refractivity contribution in [3.05, 3.63) is 48.0 Å². The zero-order chi connectivity index (χ0) is 19.6. The van der Waals surface area contributed by atoms with Crippen molar-refractivity contribution in [1.82, 2.24) is 0 Å². The summed E-state index contributed by atoms with van der Waals surface area (Å²) >= 11 is 0. The zero-order valence-electron chi connectivity index (χ0n) is 17.0. The first-order valence-electron chi connectivity index (χ1n) is 10.2. The molecule has 0 unspecified atom stereocenters. The molecule has 0 aromatic heterocycles. The molecule has 0 bridgehead atoms. The predicted octanol–water partition coefficient (Wildman–Crippen LogP) is 5.83. The molecular weight excluding hydrogens is 340 g/mol. The third kappa shape index (κ3) is 6.78. The monoisotopic (exact) mass is 374 g/mol. The number of rotatable bonds is 10. The van der Waals surface area contributed by atoms with Crippen LogP contribution in [-0.2, 0) is 14.2 Å². The Morgan fingerprint density at radius 1 is 1.30 bits per heavy atom. The Bertz CT molecular complexity index is 581. The van der Waals surface area contributed by atoms with Crippen LogP contribution >= 0.6 is 0 Å². The van der Waals surface area contributed by atoms with E-state index < -0.39 is 0 Å². The van der Waals surface area contributed by atoms with Gasteiger partial charge in [0.05, 0.1) is 24.4 Å². The molecule has 1 fully saturated rings. The summed E-state index contributed by atoms with van der Waals surface area (Å²) in [5, 5.41) is 0. The van der Waals surface area contributed by atoms with Crippen LogP contribution in [0.4, 0.5) is 0 Å². The fourth-order valence-electron chi connectivity index (χ4n) is 3.29. The number of carbonyl (C=O) groups excluding carboxylic acids is 1. The fraction of sp³-hybridized carbons (Fsp3) is 0.609. The van der Waals surface area contributed by atoms with E-state index in [9.17, 15) is 4.79 Å². The van der Waals surface area contributed by atoms with Gasteiger partial charge in [0.25, 0.3) is 0 Å². The Hall–Kier alpha value is -1.65. The van der Waals surface area contributed by atoms with Gasteiger partial charge in [-0.2, -0.15) is 0 Å². The van der Waals surface area contributed by atoms with Gasteiger partial charge in [-0.05, 0) is 45.2 Å². The van der Waals surface area contributed by atoms with Gasteiger partial charge in [-0.1, -0.05) is 44.4 Å². The summed E-state index contributed by atoms with van der Waals surface area (Å²) in [6.07, 6.45) is 8.11. The van der Waals surface area contributed by atoms with Crippen LogP contribution in [-0.4, -0.2) is 24.8 Å². The minimum absolute atomic E-state index is 0.0540. The summed E-state index contributed by atoms with van der Waals surface area (Å²) in [4.78, 5) is 12.3. The van der Waals surface area contributed by atoms with Gasteiger partial charge in [0.15, 0.2) is 6.29 Å². The molecule has 2 rings (SSSR count). The van der Waals surface area contributed by atoms with E-state index in [0.717, 1.165) is 24.8 Å². The van der Waals surface area contributed by atoms with Gasteiger partial charge in [0.2, 0.25) is 0 Å². The number of unbranched alkanes of at least 4 members (excludes halogenated alkanes) is 3. The quantitative estimate of drug-likeness (QED) is 0.294. The number of allylic oxidation sites excluding steroid dienone is 1. The van der Waals surface area contributed by atoms with Crippen molar-refractivity contribution in [3.63, 3.8) is 0 Å². The molecule has 150 valence electrons. The Balaban J connectivity index is 1.84. The molecule has 27 heavy (non-hydrogen) atoms. The number of hydrogen-bond donors (Lipinski definition) is 0. The van der Waals surface area contributed by atoms with Crippen molar-refractivity contribution in [2.24, 2.45) is 5.92 Å². The van der Waals surface area contributed by atoms with E-state index in [1.807, 2.05) is 25.1 Å². The maximum atomic E-state index is 12.3. The minimum Gasteiger partial charge on any atom is -0.459 e. The lowest BCUT2D eigenvalue weighted by Gasteiger charge is -2.34. The van der Waals surface area contributed by atoms with Gasteiger partial charge in [0, 0.05) is 11.5 Å². The topological polar surface area (TPSA) is 44.8 Å². The van der Waals surface area contributed by atoms with Crippen molar-refractivity contribution >= 4 is 5.97 Å². The van der Waals surface area contributed by atoms with Gasteiger partial charge < -0.3 is 14.2 Å². The van der Waals surface area contributed by atoms with E-state index in [-0.39, 0.29) is 24.5 Å². The molecule has 4 atom stereocenters. The molecule has 4 heteroatoms. The van der Waals surface area contributed by atoms with Gasteiger partial charge in [-0.15, -0.1) is 6.58 Å². The van der Waals surface area contributed by atoms with Crippen LogP contribution in [0.5, 0.6) is 0 Å². The maximum Gasteiger partial charge on any atom is 0.338 e. The molecule has 1 aliphatic rings. The highest BCUT2D eigenvalue weighted by atomic mass is 16.7. The van der Waals surface area contributed by atoms with Gasteiger partial charge >= 0.3 is 5.97 Å². The molecule has 4 nitrogen and oxygen atoms in total. The van der Waals surface area contributed by atoms with E-state index >= 15 is 0 Å². The largest absolute Gasteiger partial charge is 0.459 e. The van der Waals surface area contributed by atoms with Crippen LogP contribution in [0.25, 0.3) is 0 Å². The Labute approximate surface area is 163 Å². The van der Waals surface area contributed by atoms with Crippen LogP contribution < -0.4 is 0 Å². The summed E-state index contributed by atoms with van der Waals surface area (Å²) in [5.41, 5.74) is 1.48. The second kappa shape index (κ2) is 11.3. The molecule has 1 aromatic carbocycles. The van der Waals surface area contributed by atoms with Gasteiger partial charge in [-0.25, -0.2) is 4.79 Å². The molecule has 0 aliphatic carbocycles. The summed E-state index contributed by atoms with van der Waals surface area (Å²) < 4.78 is 17.4. The van der Waals surface area contributed by atoms with E-state index in [0.29, 0.717) is 18.1 Å². The first-order valence-corrected chi connectivity index (χ1v) is 10.2. The number of ether oxygens (including phenoxy) is 3. The van der Waals surface area contributed by atoms with Crippen molar-refractivity contribution < 1.29 is 19.0 Å². The van der Waals surface area contributed by atoms with Crippen LogP contribution in [0.3, 0.4) is 0 Å². The number of hydrogen-bond acceptors (Lipinski definition) is 4. The fourth-order valence-corrected chi connectivity index (χ4v) is 3.29. The molecule has 0 amide bonds. The third-order valence-corrected chi connectivity index (χ3v) is 5.12. The smallest absolute Gasteiger partial charge is 0.338 e. The molecule has 0 saturated carbocycles. The molecule has 0 N–H and O–H groups in total. The van der Waals surface area contributed by atoms with E-state index in [1.54, 1.807) is 12.1 Å². The lowest BCUT2D eigenvalue weighted by molar-refractivity contribution is -0.235. The van der Waals surface area contributed by atoms with Crippen LogP contribution in [0.2, 0.25) is 0 Å². The van der Waals surface area contributed by atoms with E-state index in [2.05, 4.69) is 20.4 Å². The average molecular weight is 375 g/mol. The maximum absolute atomic E-state index is 12.3. The SMILES string of the molecule is C=CC[C@H]1CO[C@H](c2ccc(C(=O)O[C@H](C)CCCCCC)cc2)O[C@@H]1C. The number of benzene rings is 1. The molecular formula is C23H34O4. The highest BCUT2D eigenvalue weighted by Crippen LogP contribution is 2.30. The Morgan fingerprint density at radius 2 is 2.04 bits per heavy atom. The Kier molecular flexibility index (Phi) is 9.02. The van der Waals surface area contributed by atoms with Crippen molar-refractivity contribution in [3.8, 4) is 0 Å². The standard InChI is InChI=1S/C23H34O4/c1-5-7-8-9-11-17(3)26-22(24)19-12-14-20(15-13-19)23-25-16-21(10-6-2)18(4)27-23/h6,12-15,17-18,21,23H,2,5,7-11,16H2,1,3-4H3/t17-,18-,21+,23+/m1/s1. The minimum atomic E-state index is -0.386. The summed E-state index contributed by atoms with van der Waals surface area (Å²) in [6.45, 7) is 10.7. The molecule has 1 aromatic rings. The second-order valence-electron chi connectivity index (χ2n) is 7.48. The van der Waals surface area contributed by atoms with Crippen molar-refractivity contribution in [2.45, 2.75) is 77.8 Å². The highest BCUT2D eigenvalue weighted by Gasteiger charge is 2.29.